The van der Waals surface area contributed by atoms with Crippen molar-refractivity contribution in [1.29, 1.82) is 0 Å². The molecular formula is C15H21NO5S. The van der Waals surface area contributed by atoms with Gasteiger partial charge in [0.15, 0.2) is 0 Å². The maximum absolute atomic E-state index is 12.3. The fourth-order valence-corrected chi connectivity index (χ4v) is 3.94. The number of nitrogens with one attached hydrogen (secondary N) is 1. The van der Waals surface area contributed by atoms with Crippen LogP contribution in [-0.2, 0) is 14.8 Å². The lowest BCUT2D eigenvalue weighted by Gasteiger charge is -2.27. The van der Waals surface area contributed by atoms with Crippen molar-refractivity contribution >= 4 is 16.0 Å². The molecule has 0 aliphatic heterocycles. The minimum atomic E-state index is -4.02. The second-order valence-electron chi connectivity index (χ2n) is 5.97. The molecule has 0 saturated heterocycles. The number of rotatable bonds is 6. The Hall–Kier alpha value is -1.60. The van der Waals surface area contributed by atoms with Crippen LogP contribution in [0.5, 0.6) is 0 Å². The van der Waals surface area contributed by atoms with E-state index in [-0.39, 0.29) is 11.5 Å². The molecular weight excluding hydrogens is 306 g/mol. The molecule has 1 aliphatic carbocycles. The lowest BCUT2D eigenvalue weighted by Crippen LogP contribution is -2.52. The highest BCUT2D eigenvalue weighted by molar-refractivity contribution is 7.89. The Bertz CT molecular complexity index is 689. The van der Waals surface area contributed by atoms with Crippen LogP contribution >= 0.6 is 0 Å². The number of carbonyl (C=O) groups is 1. The largest absolute Gasteiger partial charge is 0.480 e. The van der Waals surface area contributed by atoms with Gasteiger partial charge in [0.25, 0.3) is 10.0 Å². The van der Waals surface area contributed by atoms with Crippen molar-refractivity contribution in [2.24, 2.45) is 0 Å². The molecule has 0 aromatic carbocycles. The Morgan fingerprint density at radius 1 is 1.45 bits per heavy atom. The van der Waals surface area contributed by atoms with E-state index in [0.717, 1.165) is 31.3 Å². The maximum Gasteiger partial charge on any atom is 0.324 e. The average Bonchev–Trinajstić information content (AvgIpc) is 2.86. The number of aliphatic carboxylic acids is 1. The Morgan fingerprint density at radius 3 is 2.68 bits per heavy atom. The lowest BCUT2D eigenvalue weighted by atomic mass is 9.88. The highest BCUT2D eigenvalue weighted by Gasteiger charge is 2.39. The van der Waals surface area contributed by atoms with Gasteiger partial charge in [-0.15, -0.1) is 0 Å². The van der Waals surface area contributed by atoms with Crippen LogP contribution in [0.1, 0.15) is 44.6 Å². The number of aryl methyl sites for hydroxylation is 1. The van der Waals surface area contributed by atoms with Gasteiger partial charge in [0.2, 0.25) is 5.09 Å². The molecule has 2 N–H and O–H groups in total. The predicted molar refractivity (Wildman–Crippen MR) is 81.0 cm³/mol. The number of sulfonamides is 1. The van der Waals surface area contributed by atoms with Gasteiger partial charge >= 0.3 is 5.97 Å². The molecule has 0 fully saturated rings. The summed E-state index contributed by atoms with van der Waals surface area (Å²) in [7, 11) is -4.02. The lowest BCUT2D eigenvalue weighted by molar-refractivity contribution is -0.143. The molecule has 1 aliphatic rings. The Balaban J connectivity index is 2.24. The van der Waals surface area contributed by atoms with Crippen molar-refractivity contribution in [3.8, 4) is 0 Å². The van der Waals surface area contributed by atoms with E-state index in [0.29, 0.717) is 5.56 Å². The average molecular weight is 327 g/mol. The van der Waals surface area contributed by atoms with Gasteiger partial charge in [-0.1, -0.05) is 11.6 Å². The zero-order chi connectivity index (χ0) is 16.4. The summed E-state index contributed by atoms with van der Waals surface area (Å²) in [6, 6.07) is 1.37. The van der Waals surface area contributed by atoms with Crippen molar-refractivity contribution in [3.05, 3.63) is 29.5 Å². The molecule has 2 rings (SSSR count). The van der Waals surface area contributed by atoms with Crippen molar-refractivity contribution in [2.75, 3.05) is 0 Å². The first-order chi connectivity index (χ1) is 10.2. The molecule has 7 heteroatoms. The zero-order valence-electron chi connectivity index (χ0n) is 12.8. The van der Waals surface area contributed by atoms with E-state index in [9.17, 15) is 18.3 Å². The molecule has 1 atom stereocenters. The Labute approximate surface area is 130 Å². The van der Waals surface area contributed by atoms with E-state index in [1.165, 1.54) is 19.3 Å². The van der Waals surface area contributed by atoms with E-state index < -0.39 is 21.5 Å². The molecule has 6 nitrogen and oxygen atoms in total. The van der Waals surface area contributed by atoms with Crippen molar-refractivity contribution in [1.82, 2.24) is 4.72 Å². The van der Waals surface area contributed by atoms with Gasteiger partial charge in [0.1, 0.15) is 5.54 Å². The number of hydrogen-bond acceptors (Lipinski definition) is 4. The van der Waals surface area contributed by atoms with E-state index >= 15 is 0 Å². The van der Waals surface area contributed by atoms with Crippen LogP contribution in [0.4, 0.5) is 0 Å². The summed E-state index contributed by atoms with van der Waals surface area (Å²) < 4.78 is 31.9. The van der Waals surface area contributed by atoms with Crippen molar-refractivity contribution in [2.45, 2.75) is 56.6 Å². The molecule has 1 aromatic heterocycles. The van der Waals surface area contributed by atoms with Crippen LogP contribution < -0.4 is 4.72 Å². The third-order valence-corrected chi connectivity index (χ3v) is 5.23. The van der Waals surface area contributed by atoms with E-state index in [4.69, 9.17) is 4.42 Å². The number of furan rings is 1. The maximum atomic E-state index is 12.3. The molecule has 0 saturated carbocycles. The summed E-state index contributed by atoms with van der Waals surface area (Å²) in [6.07, 6.45) is 7.30. The Kier molecular flexibility index (Phi) is 4.77. The number of carboxylic acid groups (broad SMARTS) is 1. The molecule has 1 heterocycles. The first-order valence-electron chi connectivity index (χ1n) is 7.23. The molecule has 22 heavy (non-hydrogen) atoms. The second kappa shape index (κ2) is 6.26. The quantitative estimate of drug-likeness (QED) is 0.783. The van der Waals surface area contributed by atoms with Gasteiger partial charge in [-0.3, -0.25) is 4.79 Å². The highest BCUT2D eigenvalue weighted by Crippen LogP contribution is 2.27. The van der Waals surface area contributed by atoms with Gasteiger partial charge in [0, 0.05) is 6.07 Å². The van der Waals surface area contributed by atoms with Crippen LogP contribution in [0.15, 0.2) is 33.5 Å². The molecule has 0 spiro atoms. The zero-order valence-corrected chi connectivity index (χ0v) is 13.6. The van der Waals surface area contributed by atoms with E-state index in [2.05, 4.69) is 4.72 Å². The fraction of sp³-hybridized carbons (Fsp3) is 0.533. The van der Waals surface area contributed by atoms with E-state index in [1.807, 2.05) is 6.08 Å². The molecule has 1 unspecified atom stereocenters. The number of hydrogen-bond donors (Lipinski definition) is 2. The van der Waals surface area contributed by atoms with Gasteiger partial charge in [0.05, 0.1) is 6.26 Å². The molecule has 0 radical (unpaired) electrons. The van der Waals surface area contributed by atoms with Crippen LogP contribution in [0.3, 0.4) is 0 Å². The summed E-state index contributed by atoms with van der Waals surface area (Å²) >= 11 is 0. The first-order valence-corrected chi connectivity index (χ1v) is 8.72. The minimum Gasteiger partial charge on any atom is -0.480 e. The first kappa shape index (κ1) is 16.8. The summed E-state index contributed by atoms with van der Waals surface area (Å²) in [5, 5.41) is 9.23. The summed E-state index contributed by atoms with van der Waals surface area (Å²) in [6.45, 7) is 3.09. The summed E-state index contributed by atoms with van der Waals surface area (Å²) in [5.74, 6) is -1.20. The van der Waals surface area contributed by atoms with E-state index in [1.54, 1.807) is 6.92 Å². The number of allylic oxidation sites excluding steroid dienone is 1. The monoisotopic (exact) mass is 327 g/mol. The normalized spacial score (nSPS) is 18.5. The second-order valence-corrected chi connectivity index (χ2v) is 7.58. The molecule has 122 valence electrons. The smallest absolute Gasteiger partial charge is 0.324 e. The van der Waals surface area contributed by atoms with Gasteiger partial charge in [-0.25, -0.2) is 8.42 Å². The molecule has 0 bridgehead atoms. The van der Waals surface area contributed by atoms with Crippen LogP contribution in [0, 0.1) is 6.92 Å². The standard InChI is InChI=1S/C15H21NO5S/c1-11-8-13(21-10-11)22(19,20)16-15(2,14(17)18)9-12-6-4-3-5-7-12/h6,8,10,16H,3-5,7,9H2,1-2H3,(H,17,18). The highest BCUT2D eigenvalue weighted by atomic mass is 32.2. The van der Waals surface area contributed by atoms with Gasteiger partial charge in [-0.2, -0.15) is 4.72 Å². The van der Waals surface area contributed by atoms with Crippen molar-refractivity contribution < 1.29 is 22.7 Å². The third-order valence-electron chi connectivity index (χ3n) is 3.77. The fourth-order valence-electron chi connectivity index (χ4n) is 2.57. The summed E-state index contributed by atoms with van der Waals surface area (Å²) in [5.41, 5.74) is 0.0461. The molecule has 1 aromatic rings. The SMILES string of the molecule is Cc1coc(S(=O)(=O)NC(C)(CC2=CCCCC2)C(=O)O)c1. The third kappa shape index (κ3) is 3.78. The van der Waals surface area contributed by atoms with Crippen LogP contribution in [0.25, 0.3) is 0 Å². The van der Waals surface area contributed by atoms with Crippen LogP contribution in [0.2, 0.25) is 0 Å². The summed E-state index contributed by atoms with van der Waals surface area (Å²) in [4.78, 5) is 11.6. The van der Waals surface area contributed by atoms with Crippen molar-refractivity contribution in [3.63, 3.8) is 0 Å². The van der Waals surface area contributed by atoms with Gasteiger partial charge in [-0.05, 0) is 51.5 Å². The Morgan fingerprint density at radius 2 is 2.18 bits per heavy atom. The topological polar surface area (TPSA) is 96.6 Å². The minimum absolute atomic E-state index is 0.154. The predicted octanol–water partition coefficient (Wildman–Crippen LogP) is 2.60. The molecule has 0 amide bonds. The van der Waals surface area contributed by atoms with Crippen LogP contribution in [-0.4, -0.2) is 25.0 Å². The van der Waals surface area contributed by atoms with Gasteiger partial charge < -0.3 is 9.52 Å². The number of carboxylic acids is 1.